The third-order valence-electron chi connectivity index (χ3n) is 4.55. The van der Waals surface area contributed by atoms with Crippen molar-refractivity contribution in [2.75, 3.05) is 25.4 Å². The van der Waals surface area contributed by atoms with Crippen LogP contribution in [0.25, 0.3) is 11.4 Å². The van der Waals surface area contributed by atoms with E-state index >= 15 is 0 Å². The van der Waals surface area contributed by atoms with Crippen molar-refractivity contribution >= 4 is 11.8 Å². The molecule has 1 N–H and O–H groups in total. The first-order valence-corrected chi connectivity index (χ1v) is 9.84. The van der Waals surface area contributed by atoms with Gasteiger partial charge in [-0.2, -0.15) is 0 Å². The number of rotatable bonds is 7. The summed E-state index contributed by atoms with van der Waals surface area (Å²) in [6.45, 7) is 10.6. The Labute approximate surface area is 149 Å². The molecule has 24 heavy (non-hydrogen) atoms. The van der Waals surface area contributed by atoms with Gasteiger partial charge in [-0.05, 0) is 32.3 Å². The molecule has 0 spiro atoms. The standard InChI is InChI=1S/C19H26N4S/c1-3-10-23-18(17-9-7-8-16(2)15-17)20-21-19(23)24-14-13-22-11-5-4-6-12-22/h3,7-9,15H,1,4-6,10-14H2,2H3/p+1. The van der Waals surface area contributed by atoms with E-state index in [2.05, 4.69) is 52.5 Å². The van der Waals surface area contributed by atoms with Crippen molar-refractivity contribution in [1.82, 2.24) is 14.8 Å². The van der Waals surface area contributed by atoms with E-state index in [9.17, 15) is 0 Å². The lowest BCUT2D eigenvalue weighted by Crippen LogP contribution is -3.13. The van der Waals surface area contributed by atoms with Crippen molar-refractivity contribution in [3.63, 3.8) is 0 Å². The van der Waals surface area contributed by atoms with Gasteiger partial charge in [-0.25, -0.2) is 0 Å². The molecule has 128 valence electrons. The van der Waals surface area contributed by atoms with Crippen LogP contribution < -0.4 is 4.90 Å². The van der Waals surface area contributed by atoms with Gasteiger partial charge >= 0.3 is 0 Å². The van der Waals surface area contributed by atoms with E-state index in [1.807, 2.05) is 17.8 Å². The summed E-state index contributed by atoms with van der Waals surface area (Å²) < 4.78 is 2.18. The van der Waals surface area contributed by atoms with Crippen LogP contribution in [0.4, 0.5) is 0 Å². The number of piperidine rings is 1. The maximum atomic E-state index is 4.45. The van der Waals surface area contributed by atoms with Crippen LogP contribution in [0.1, 0.15) is 24.8 Å². The summed E-state index contributed by atoms with van der Waals surface area (Å²) in [5.74, 6) is 2.03. The van der Waals surface area contributed by atoms with Crippen LogP contribution in [0.5, 0.6) is 0 Å². The van der Waals surface area contributed by atoms with Gasteiger partial charge < -0.3 is 4.90 Å². The molecule has 0 amide bonds. The lowest BCUT2D eigenvalue weighted by atomic mass is 10.1. The van der Waals surface area contributed by atoms with E-state index in [4.69, 9.17) is 0 Å². The fourth-order valence-electron chi connectivity index (χ4n) is 3.28. The molecule has 1 saturated heterocycles. The number of benzene rings is 1. The Morgan fingerprint density at radius 3 is 2.83 bits per heavy atom. The monoisotopic (exact) mass is 343 g/mol. The Bertz CT molecular complexity index is 674. The molecular formula is C19H27N4S+. The van der Waals surface area contributed by atoms with Gasteiger partial charge in [-0.15, -0.1) is 16.8 Å². The first kappa shape index (κ1) is 17.2. The summed E-state index contributed by atoms with van der Waals surface area (Å²) in [4.78, 5) is 1.74. The normalized spacial score (nSPS) is 15.5. The average Bonchev–Trinajstić information content (AvgIpc) is 2.99. The summed E-state index contributed by atoms with van der Waals surface area (Å²) in [5.41, 5.74) is 2.36. The Morgan fingerprint density at radius 1 is 1.25 bits per heavy atom. The van der Waals surface area contributed by atoms with E-state index in [0.29, 0.717) is 0 Å². The molecular weight excluding hydrogens is 316 g/mol. The maximum Gasteiger partial charge on any atom is 0.192 e. The number of thioether (sulfide) groups is 1. The van der Waals surface area contributed by atoms with Crippen molar-refractivity contribution in [2.45, 2.75) is 37.9 Å². The molecule has 0 bridgehead atoms. The molecule has 4 nitrogen and oxygen atoms in total. The number of nitrogens with one attached hydrogen (secondary N) is 1. The number of hydrogen-bond acceptors (Lipinski definition) is 3. The Morgan fingerprint density at radius 2 is 2.08 bits per heavy atom. The minimum absolute atomic E-state index is 0.745. The van der Waals surface area contributed by atoms with Crippen molar-refractivity contribution in [3.05, 3.63) is 42.5 Å². The quantitative estimate of drug-likeness (QED) is 0.620. The number of aryl methyl sites for hydroxylation is 1. The first-order valence-electron chi connectivity index (χ1n) is 8.85. The summed E-state index contributed by atoms with van der Waals surface area (Å²) >= 11 is 1.82. The second-order valence-electron chi connectivity index (χ2n) is 6.48. The molecule has 0 unspecified atom stereocenters. The molecule has 0 saturated carbocycles. The fourth-order valence-corrected chi connectivity index (χ4v) is 4.26. The minimum atomic E-state index is 0.745. The van der Waals surface area contributed by atoms with Crippen molar-refractivity contribution in [1.29, 1.82) is 0 Å². The van der Waals surface area contributed by atoms with Gasteiger partial charge in [0.05, 0.1) is 25.4 Å². The van der Waals surface area contributed by atoms with E-state index in [0.717, 1.165) is 28.8 Å². The number of hydrogen-bond donors (Lipinski definition) is 1. The second kappa shape index (κ2) is 8.49. The van der Waals surface area contributed by atoms with E-state index < -0.39 is 0 Å². The number of aromatic nitrogens is 3. The number of likely N-dealkylation sites (tertiary alicyclic amines) is 1. The van der Waals surface area contributed by atoms with E-state index in [1.165, 1.54) is 44.5 Å². The van der Waals surface area contributed by atoms with Crippen molar-refractivity contribution < 1.29 is 4.90 Å². The summed E-state index contributed by atoms with van der Waals surface area (Å²) in [7, 11) is 0. The van der Waals surface area contributed by atoms with Crippen LogP contribution in [0.2, 0.25) is 0 Å². The lowest BCUT2D eigenvalue weighted by molar-refractivity contribution is -0.902. The summed E-state index contributed by atoms with van der Waals surface area (Å²) in [6.07, 6.45) is 6.08. The molecule has 0 atom stereocenters. The van der Waals surface area contributed by atoms with Gasteiger partial charge in [0.25, 0.3) is 0 Å². The molecule has 0 aliphatic carbocycles. The average molecular weight is 344 g/mol. The van der Waals surface area contributed by atoms with E-state index in [-0.39, 0.29) is 0 Å². The van der Waals surface area contributed by atoms with Crippen LogP contribution in [0.3, 0.4) is 0 Å². The molecule has 1 aromatic heterocycles. The van der Waals surface area contributed by atoms with Gasteiger partial charge in [0.1, 0.15) is 0 Å². The molecule has 1 aliphatic rings. The second-order valence-corrected chi connectivity index (χ2v) is 7.55. The fraction of sp³-hybridized carbons (Fsp3) is 0.474. The highest BCUT2D eigenvalue weighted by Crippen LogP contribution is 2.24. The van der Waals surface area contributed by atoms with Crippen LogP contribution in [-0.2, 0) is 6.54 Å². The molecule has 5 heteroatoms. The van der Waals surface area contributed by atoms with Gasteiger partial charge in [0.15, 0.2) is 11.0 Å². The zero-order valence-electron chi connectivity index (χ0n) is 14.5. The topological polar surface area (TPSA) is 35.2 Å². The smallest absolute Gasteiger partial charge is 0.192 e. The van der Waals surface area contributed by atoms with Gasteiger partial charge in [0, 0.05) is 12.1 Å². The predicted octanol–water partition coefficient (Wildman–Crippen LogP) is 2.60. The van der Waals surface area contributed by atoms with Crippen molar-refractivity contribution in [2.24, 2.45) is 0 Å². The van der Waals surface area contributed by atoms with Crippen molar-refractivity contribution in [3.8, 4) is 11.4 Å². The zero-order chi connectivity index (χ0) is 16.8. The Balaban J connectivity index is 1.70. The van der Waals surface area contributed by atoms with Gasteiger partial charge in [0.2, 0.25) is 0 Å². The highest BCUT2D eigenvalue weighted by molar-refractivity contribution is 7.99. The zero-order valence-corrected chi connectivity index (χ0v) is 15.3. The Kier molecular flexibility index (Phi) is 6.10. The number of quaternary nitrogens is 1. The third kappa shape index (κ3) is 4.28. The SMILES string of the molecule is C=CCn1c(SCC[NH+]2CCCCC2)nnc1-c1cccc(C)c1. The highest BCUT2D eigenvalue weighted by atomic mass is 32.2. The maximum absolute atomic E-state index is 4.45. The predicted molar refractivity (Wildman–Crippen MR) is 101 cm³/mol. The largest absolute Gasteiger partial charge is 0.334 e. The van der Waals surface area contributed by atoms with Crippen LogP contribution in [-0.4, -0.2) is 40.2 Å². The molecule has 1 fully saturated rings. The summed E-state index contributed by atoms with van der Waals surface area (Å²) in [5, 5.41) is 9.89. The van der Waals surface area contributed by atoms with Crippen LogP contribution in [0.15, 0.2) is 42.1 Å². The molecule has 2 heterocycles. The number of allylic oxidation sites excluding steroid dienone is 1. The number of nitrogens with zero attached hydrogens (tertiary/aromatic N) is 3. The Hall–Kier alpha value is -1.59. The van der Waals surface area contributed by atoms with Crippen LogP contribution in [0, 0.1) is 6.92 Å². The molecule has 3 rings (SSSR count). The third-order valence-corrected chi connectivity index (χ3v) is 5.52. The van der Waals surface area contributed by atoms with Gasteiger partial charge in [-0.3, -0.25) is 4.57 Å². The molecule has 0 radical (unpaired) electrons. The van der Waals surface area contributed by atoms with Crippen LogP contribution >= 0.6 is 11.8 Å². The summed E-state index contributed by atoms with van der Waals surface area (Å²) in [6, 6.07) is 8.44. The van der Waals surface area contributed by atoms with E-state index in [1.54, 1.807) is 4.90 Å². The minimum Gasteiger partial charge on any atom is -0.334 e. The van der Waals surface area contributed by atoms with Gasteiger partial charge in [-0.1, -0.05) is 41.6 Å². The molecule has 1 aliphatic heterocycles. The first-order chi connectivity index (χ1) is 11.8. The molecule has 2 aromatic rings. The molecule has 1 aromatic carbocycles. The lowest BCUT2D eigenvalue weighted by Gasteiger charge is -2.23. The highest BCUT2D eigenvalue weighted by Gasteiger charge is 2.16.